The number of ketones is 1. The van der Waals surface area contributed by atoms with E-state index in [1.807, 2.05) is 0 Å². The van der Waals surface area contributed by atoms with Crippen molar-refractivity contribution in [1.82, 2.24) is 25.0 Å². The van der Waals surface area contributed by atoms with Gasteiger partial charge in [-0.3, -0.25) is 24.1 Å². The molecule has 0 aliphatic carbocycles. The minimum absolute atomic E-state index is 0.0826. The van der Waals surface area contributed by atoms with Crippen LogP contribution < -0.4 is 10.9 Å². The Bertz CT molecular complexity index is 1190. The summed E-state index contributed by atoms with van der Waals surface area (Å²) in [6.45, 7) is 0. The number of carbonyl (C=O) groups excluding carboxylic acids is 3. The van der Waals surface area contributed by atoms with Crippen LogP contribution >= 0.6 is 39.5 Å². The number of carbonyl (C=O) groups is 4. The molecule has 2 unspecified atom stereocenters. The number of aliphatic carboxylic acids is 1. The van der Waals surface area contributed by atoms with Crippen LogP contribution in [0.2, 0.25) is 0 Å². The molecule has 14 nitrogen and oxygen atoms in total. The van der Waals surface area contributed by atoms with Crippen LogP contribution in [0.5, 0.6) is 5.88 Å². The smallest absolute Gasteiger partial charge is 0.352 e. The van der Waals surface area contributed by atoms with Crippen LogP contribution in [0.25, 0.3) is 0 Å². The van der Waals surface area contributed by atoms with E-state index in [-0.39, 0.29) is 27.7 Å². The molecule has 34 heavy (non-hydrogen) atoms. The molecule has 0 spiro atoms. The number of hydrogen-bond donors (Lipinski definition) is 3. The average molecular weight is 577 g/mol. The summed E-state index contributed by atoms with van der Waals surface area (Å²) in [5, 5.41) is 27.8. The maximum absolute atomic E-state index is 12.8. The number of aromatic nitrogens is 3. The number of nitrogens with zero attached hydrogens (tertiary/aromatic N) is 5. The van der Waals surface area contributed by atoms with Gasteiger partial charge in [0.1, 0.15) is 24.2 Å². The number of alkyl halides is 1. The first kappa shape index (κ1) is 25.7. The molecule has 3 N–H and O–H groups in total. The van der Waals surface area contributed by atoms with Crippen molar-refractivity contribution in [1.29, 1.82) is 0 Å². The lowest BCUT2D eigenvalue weighted by Crippen LogP contribution is -2.71. The van der Waals surface area contributed by atoms with E-state index < -0.39 is 52.1 Å². The summed E-state index contributed by atoms with van der Waals surface area (Å²) in [6, 6.07) is -1.06. The summed E-state index contributed by atoms with van der Waals surface area (Å²) >= 11 is 5.18. The summed E-state index contributed by atoms with van der Waals surface area (Å²) < 4.78 is 1.18. The molecule has 2 atom stereocenters. The molecule has 1 aromatic rings. The van der Waals surface area contributed by atoms with Crippen LogP contribution in [0.1, 0.15) is 0 Å². The Balaban J connectivity index is 1.78. The van der Waals surface area contributed by atoms with Gasteiger partial charge in [-0.1, -0.05) is 32.8 Å². The van der Waals surface area contributed by atoms with Crippen molar-refractivity contribution in [2.75, 3.05) is 23.9 Å². The third-order valence-electron chi connectivity index (χ3n) is 4.61. The SMILES string of the molecule is CON=C(C(=O)CBr)C(=O)NC1C(=O)N2C(C(=O)O)=C(CSc3nc(=O)c(O)nn3C)CSC12. The number of aromatic hydroxyl groups is 1. The molecule has 1 aromatic heterocycles. The van der Waals surface area contributed by atoms with E-state index in [0.29, 0.717) is 5.57 Å². The van der Waals surface area contributed by atoms with Crippen molar-refractivity contribution < 1.29 is 34.2 Å². The zero-order chi connectivity index (χ0) is 25.2. The number of thioether (sulfide) groups is 2. The third kappa shape index (κ3) is 4.95. The van der Waals surface area contributed by atoms with E-state index in [2.05, 4.69) is 41.3 Å². The molecular formula is C17H17BrN6O8S2. The molecule has 1 saturated heterocycles. The standard InChI is InChI=1S/C17H17BrN6O8S2/c1-23-17(20-12(27)13(28)21-23)34-5-6-4-33-15-9(14(29)24(15)10(6)16(30)31)19-11(26)8(22-32-2)7(25)3-18/h9,15H,3-5H2,1-2H3,(H,19,26)(H,21,28)(H,30,31). The Morgan fingerprint density at radius 3 is 2.71 bits per heavy atom. The van der Waals surface area contributed by atoms with Crippen LogP contribution in [0.3, 0.4) is 0 Å². The number of oxime groups is 1. The maximum Gasteiger partial charge on any atom is 0.352 e. The van der Waals surface area contributed by atoms with Gasteiger partial charge in [0.15, 0.2) is 5.16 Å². The van der Waals surface area contributed by atoms with E-state index in [0.717, 1.165) is 23.8 Å². The van der Waals surface area contributed by atoms with Crippen LogP contribution in [-0.2, 0) is 31.1 Å². The summed E-state index contributed by atoms with van der Waals surface area (Å²) in [5.74, 6) is -4.03. The Hall–Kier alpha value is -2.92. The van der Waals surface area contributed by atoms with Crippen molar-refractivity contribution in [3.05, 3.63) is 21.6 Å². The third-order valence-corrected chi connectivity index (χ3v) is 7.56. The monoisotopic (exact) mass is 576 g/mol. The maximum atomic E-state index is 12.8. The van der Waals surface area contributed by atoms with Gasteiger partial charge in [0.25, 0.3) is 17.7 Å². The number of β-lactam (4-membered cyclic amide) rings is 1. The number of carboxylic acids is 1. The molecule has 3 heterocycles. The lowest BCUT2D eigenvalue weighted by molar-refractivity contribution is -0.150. The molecule has 2 aliphatic heterocycles. The number of aryl methyl sites for hydroxylation is 1. The number of Topliss-reactive ketones (excluding diaryl/α,β-unsaturated/α-hetero) is 1. The highest BCUT2D eigenvalue weighted by Gasteiger charge is 2.54. The Morgan fingerprint density at radius 2 is 2.09 bits per heavy atom. The van der Waals surface area contributed by atoms with Gasteiger partial charge in [-0.15, -0.1) is 16.9 Å². The summed E-state index contributed by atoms with van der Waals surface area (Å²) in [6.07, 6.45) is 0. The van der Waals surface area contributed by atoms with E-state index in [1.54, 1.807) is 0 Å². The predicted molar refractivity (Wildman–Crippen MR) is 123 cm³/mol. The average Bonchev–Trinajstić information content (AvgIpc) is 2.80. The van der Waals surface area contributed by atoms with Gasteiger partial charge >= 0.3 is 11.5 Å². The molecule has 2 aliphatic rings. The minimum Gasteiger partial charge on any atom is -0.488 e. The lowest BCUT2D eigenvalue weighted by Gasteiger charge is -2.49. The number of hydrogen-bond acceptors (Lipinski definition) is 12. The van der Waals surface area contributed by atoms with Crippen LogP contribution in [0.15, 0.2) is 26.4 Å². The fourth-order valence-electron chi connectivity index (χ4n) is 3.09. The van der Waals surface area contributed by atoms with Gasteiger partial charge in [0.05, 0.1) is 5.33 Å². The summed E-state index contributed by atoms with van der Waals surface area (Å²) in [7, 11) is 2.62. The lowest BCUT2D eigenvalue weighted by atomic mass is 10.0. The number of nitrogens with one attached hydrogen (secondary N) is 1. The van der Waals surface area contributed by atoms with Crippen molar-refractivity contribution in [2.45, 2.75) is 16.6 Å². The summed E-state index contributed by atoms with van der Waals surface area (Å²) in [5.41, 5.74) is -1.28. The minimum atomic E-state index is -1.33. The highest BCUT2D eigenvalue weighted by molar-refractivity contribution is 9.09. The number of fused-ring (bicyclic) bond motifs is 1. The first-order chi connectivity index (χ1) is 16.1. The Kier molecular flexibility index (Phi) is 7.98. The molecule has 0 aromatic carbocycles. The quantitative estimate of drug-likeness (QED) is 0.0784. The molecule has 182 valence electrons. The molecule has 17 heteroatoms. The zero-order valence-electron chi connectivity index (χ0n) is 17.6. The van der Waals surface area contributed by atoms with Gasteiger partial charge < -0.3 is 20.4 Å². The first-order valence-electron chi connectivity index (χ1n) is 9.29. The molecule has 1 fully saturated rings. The normalized spacial score (nSPS) is 19.9. The fourth-order valence-corrected chi connectivity index (χ4v) is 5.75. The number of rotatable bonds is 9. The van der Waals surface area contributed by atoms with Crippen LogP contribution in [0, 0.1) is 0 Å². The van der Waals surface area contributed by atoms with Crippen molar-refractivity contribution in [3.63, 3.8) is 0 Å². The second-order valence-corrected chi connectivity index (χ2v) is 9.34. The number of halogens is 1. The largest absolute Gasteiger partial charge is 0.488 e. The molecule has 2 amide bonds. The second-order valence-electron chi connectivity index (χ2n) is 6.73. The van der Waals surface area contributed by atoms with E-state index in [4.69, 9.17) is 0 Å². The number of amides is 2. The fraction of sp³-hybridized carbons (Fsp3) is 0.412. The van der Waals surface area contributed by atoms with Gasteiger partial charge in [-0.2, -0.15) is 4.98 Å². The highest BCUT2D eigenvalue weighted by Crippen LogP contribution is 2.41. The molecule has 0 bridgehead atoms. The Morgan fingerprint density at radius 1 is 1.38 bits per heavy atom. The van der Waals surface area contributed by atoms with Gasteiger partial charge in [-0.05, 0) is 5.57 Å². The topological polar surface area (TPSA) is 193 Å². The van der Waals surface area contributed by atoms with E-state index in [1.165, 1.54) is 23.5 Å². The highest BCUT2D eigenvalue weighted by atomic mass is 79.9. The van der Waals surface area contributed by atoms with Crippen molar-refractivity contribution in [2.24, 2.45) is 12.2 Å². The van der Waals surface area contributed by atoms with E-state index in [9.17, 15) is 34.2 Å². The van der Waals surface area contributed by atoms with Gasteiger partial charge in [-0.25, -0.2) is 9.48 Å². The van der Waals surface area contributed by atoms with Gasteiger partial charge in [0.2, 0.25) is 11.5 Å². The molecule has 3 rings (SSSR count). The van der Waals surface area contributed by atoms with E-state index >= 15 is 0 Å². The number of carboxylic acid groups (broad SMARTS) is 1. The van der Waals surface area contributed by atoms with Crippen molar-refractivity contribution >= 4 is 68.7 Å². The Labute approximate surface area is 207 Å². The van der Waals surface area contributed by atoms with Crippen LogP contribution in [-0.4, -0.2) is 94.5 Å². The molecule has 0 radical (unpaired) electrons. The second kappa shape index (κ2) is 10.6. The van der Waals surface area contributed by atoms with Crippen molar-refractivity contribution in [3.8, 4) is 5.88 Å². The molecule has 0 saturated carbocycles. The van der Waals surface area contributed by atoms with Gasteiger partial charge in [0, 0.05) is 18.6 Å². The summed E-state index contributed by atoms with van der Waals surface area (Å²) in [4.78, 5) is 69.9. The zero-order valence-corrected chi connectivity index (χ0v) is 20.8. The predicted octanol–water partition coefficient (Wildman–Crippen LogP) is -1.32. The first-order valence-corrected chi connectivity index (χ1v) is 12.4. The van der Waals surface area contributed by atoms with Crippen LogP contribution in [0.4, 0.5) is 0 Å². The molecular weight excluding hydrogens is 560 g/mol.